The number of Topliss-reactive ketones (excluding diaryl/α,β-unsaturated/α-hetero) is 1. The van der Waals surface area contributed by atoms with Crippen LogP contribution in [0.1, 0.15) is 26.2 Å². The van der Waals surface area contributed by atoms with Gasteiger partial charge in [0.15, 0.2) is 5.82 Å². The highest BCUT2D eigenvalue weighted by Crippen LogP contribution is 2.23. The third-order valence-electron chi connectivity index (χ3n) is 3.44. The fourth-order valence-corrected chi connectivity index (χ4v) is 2.41. The molecule has 0 fully saturated rings. The number of halogens is 1. The summed E-state index contributed by atoms with van der Waals surface area (Å²) >= 11 is 5.87. The zero-order valence-electron chi connectivity index (χ0n) is 12.9. The van der Waals surface area contributed by atoms with Crippen LogP contribution in [0.2, 0.25) is 5.02 Å². The largest absolute Gasteiger partial charge is 0.465 e. The number of hydrogen-bond acceptors (Lipinski definition) is 4. The number of H-pyrrole nitrogens is 1. The number of carbonyl (C=O) groups excluding carboxylic acids is 2. The van der Waals surface area contributed by atoms with Crippen molar-refractivity contribution in [1.82, 2.24) is 15.5 Å². The summed E-state index contributed by atoms with van der Waals surface area (Å²) in [6, 6.07) is 3.84. The van der Waals surface area contributed by atoms with Crippen molar-refractivity contribution in [1.29, 1.82) is 0 Å². The SMILES string of the molecule is CCCCC(NC(=O)O)C(=O)C(=O)Nc1n[nH]c2cc(Cl)ccc12. The van der Waals surface area contributed by atoms with Gasteiger partial charge in [-0.25, -0.2) is 4.79 Å². The predicted octanol–water partition coefficient (Wildman–Crippen LogP) is 2.55. The Morgan fingerprint density at radius 1 is 1.38 bits per heavy atom. The molecule has 0 saturated heterocycles. The van der Waals surface area contributed by atoms with Crippen molar-refractivity contribution in [3.63, 3.8) is 0 Å². The quantitative estimate of drug-likeness (QED) is 0.570. The molecule has 0 radical (unpaired) electrons. The average Bonchev–Trinajstić information content (AvgIpc) is 2.92. The van der Waals surface area contributed by atoms with E-state index in [1.165, 1.54) is 0 Å². The summed E-state index contributed by atoms with van der Waals surface area (Å²) in [5, 5.41) is 21.0. The molecule has 128 valence electrons. The maximum absolute atomic E-state index is 12.2. The molecule has 24 heavy (non-hydrogen) atoms. The Kier molecular flexibility index (Phi) is 5.75. The topological polar surface area (TPSA) is 124 Å². The number of rotatable bonds is 7. The average molecular weight is 353 g/mol. The molecule has 1 heterocycles. The van der Waals surface area contributed by atoms with Crippen LogP contribution in [0.25, 0.3) is 10.9 Å². The summed E-state index contributed by atoms with van der Waals surface area (Å²) < 4.78 is 0. The number of amides is 2. The van der Waals surface area contributed by atoms with E-state index >= 15 is 0 Å². The summed E-state index contributed by atoms with van der Waals surface area (Å²) in [5.41, 5.74) is 0.608. The van der Waals surface area contributed by atoms with E-state index in [9.17, 15) is 14.4 Å². The number of ketones is 1. The molecule has 8 nitrogen and oxygen atoms in total. The third kappa shape index (κ3) is 4.23. The number of hydrogen-bond donors (Lipinski definition) is 4. The van der Waals surface area contributed by atoms with Gasteiger partial charge in [0.2, 0.25) is 5.78 Å². The number of nitrogens with zero attached hydrogens (tertiary/aromatic N) is 1. The first-order valence-electron chi connectivity index (χ1n) is 7.40. The number of aromatic nitrogens is 2. The lowest BCUT2D eigenvalue weighted by Gasteiger charge is -2.14. The number of carbonyl (C=O) groups is 3. The lowest BCUT2D eigenvalue weighted by Crippen LogP contribution is -2.45. The number of unbranched alkanes of at least 4 members (excludes halogenated alkanes) is 1. The highest BCUT2D eigenvalue weighted by atomic mass is 35.5. The maximum atomic E-state index is 12.2. The van der Waals surface area contributed by atoms with Gasteiger partial charge in [0, 0.05) is 10.4 Å². The summed E-state index contributed by atoms with van der Waals surface area (Å²) in [6.07, 6.45) is 0.300. The van der Waals surface area contributed by atoms with Gasteiger partial charge in [-0.15, -0.1) is 0 Å². The predicted molar refractivity (Wildman–Crippen MR) is 89.2 cm³/mol. The Morgan fingerprint density at radius 2 is 2.12 bits per heavy atom. The van der Waals surface area contributed by atoms with Crippen LogP contribution in [0.3, 0.4) is 0 Å². The molecule has 1 aromatic heterocycles. The van der Waals surface area contributed by atoms with E-state index in [2.05, 4.69) is 20.8 Å². The number of benzene rings is 1. The Balaban J connectivity index is 2.13. The van der Waals surface area contributed by atoms with Gasteiger partial charge in [0.25, 0.3) is 5.91 Å². The van der Waals surface area contributed by atoms with E-state index in [1.54, 1.807) is 18.2 Å². The van der Waals surface area contributed by atoms with Gasteiger partial charge < -0.3 is 15.7 Å². The van der Waals surface area contributed by atoms with Crippen LogP contribution in [0.5, 0.6) is 0 Å². The summed E-state index contributed by atoms with van der Waals surface area (Å²) in [7, 11) is 0. The van der Waals surface area contributed by atoms with Crippen molar-refractivity contribution in [3.8, 4) is 0 Å². The molecule has 9 heteroatoms. The highest BCUT2D eigenvalue weighted by molar-refractivity contribution is 6.43. The van der Waals surface area contributed by atoms with Crippen molar-refractivity contribution in [3.05, 3.63) is 23.2 Å². The third-order valence-corrected chi connectivity index (χ3v) is 3.68. The molecular formula is C15H17ClN4O4. The van der Waals surface area contributed by atoms with Gasteiger partial charge in [0.05, 0.1) is 5.52 Å². The van der Waals surface area contributed by atoms with Crippen molar-refractivity contribution in [2.75, 3.05) is 5.32 Å². The van der Waals surface area contributed by atoms with E-state index < -0.39 is 23.8 Å². The van der Waals surface area contributed by atoms with Crippen molar-refractivity contribution in [2.24, 2.45) is 0 Å². The Labute approximate surface area is 142 Å². The zero-order valence-corrected chi connectivity index (χ0v) is 13.7. The normalized spacial score (nSPS) is 11.9. The molecule has 1 unspecified atom stereocenters. The minimum atomic E-state index is -1.35. The van der Waals surface area contributed by atoms with Crippen LogP contribution in [0.15, 0.2) is 18.2 Å². The molecule has 0 spiro atoms. The molecule has 0 aliphatic heterocycles. The number of fused-ring (bicyclic) bond motifs is 1. The van der Waals surface area contributed by atoms with E-state index in [-0.39, 0.29) is 12.2 Å². The Bertz CT molecular complexity index is 774. The molecule has 0 saturated carbocycles. The molecular weight excluding hydrogens is 336 g/mol. The fourth-order valence-electron chi connectivity index (χ4n) is 2.24. The van der Waals surface area contributed by atoms with E-state index in [0.29, 0.717) is 22.3 Å². The Morgan fingerprint density at radius 3 is 2.79 bits per heavy atom. The molecule has 0 aliphatic rings. The maximum Gasteiger partial charge on any atom is 0.405 e. The highest BCUT2D eigenvalue weighted by Gasteiger charge is 2.27. The number of anilines is 1. The number of aromatic amines is 1. The second kappa shape index (κ2) is 7.78. The van der Waals surface area contributed by atoms with Crippen molar-refractivity contribution >= 4 is 46.1 Å². The summed E-state index contributed by atoms with van der Waals surface area (Å²) in [4.78, 5) is 35.1. The van der Waals surface area contributed by atoms with Crippen molar-refractivity contribution in [2.45, 2.75) is 32.2 Å². The van der Waals surface area contributed by atoms with Gasteiger partial charge in [-0.3, -0.25) is 14.7 Å². The molecule has 4 N–H and O–H groups in total. The van der Waals surface area contributed by atoms with Gasteiger partial charge in [-0.1, -0.05) is 31.4 Å². The fraction of sp³-hybridized carbons (Fsp3) is 0.333. The van der Waals surface area contributed by atoms with Crippen LogP contribution >= 0.6 is 11.6 Å². The first-order chi connectivity index (χ1) is 11.4. The van der Waals surface area contributed by atoms with Gasteiger partial charge in [-0.2, -0.15) is 5.10 Å². The lowest BCUT2D eigenvalue weighted by molar-refractivity contribution is -0.136. The zero-order chi connectivity index (χ0) is 17.7. The minimum absolute atomic E-state index is 0.185. The Hall–Kier alpha value is -2.61. The van der Waals surface area contributed by atoms with Crippen LogP contribution < -0.4 is 10.6 Å². The molecule has 0 aliphatic carbocycles. The molecule has 1 aromatic carbocycles. The molecule has 0 bridgehead atoms. The standard InChI is InChI=1S/C15H17ClN4O4/c1-2-3-4-10(17-15(23)24)12(21)14(22)18-13-9-6-5-8(16)7-11(9)19-20-13/h5-7,10,17H,2-4H2,1H3,(H,23,24)(H2,18,19,20,22). The smallest absolute Gasteiger partial charge is 0.405 e. The van der Waals surface area contributed by atoms with Gasteiger partial charge in [-0.05, 0) is 24.6 Å². The van der Waals surface area contributed by atoms with Crippen LogP contribution in [-0.4, -0.2) is 39.1 Å². The molecule has 2 aromatic rings. The molecule has 2 rings (SSSR count). The van der Waals surface area contributed by atoms with Crippen LogP contribution in [0.4, 0.5) is 10.6 Å². The second-order valence-electron chi connectivity index (χ2n) is 5.22. The van der Waals surface area contributed by atoms with Crippen molar-refractivity contribution < 1.29 is 19.5 Å². The van der Waals surface area contributed by atoms with E-state index in [1.807, 2.05) is 6.92 Å². The monoisotopic (exact) mass is 352 g/mol. The van der Waals surface area contributed by atoms with E-state index in [0.717, 1.165) is 6.42 Å². The molecule has 2 amide bonds. The first-order valence-corrected chi connectivity index (χ1v) is 7.78. The minimum Gasteiger partial charge on any atom is -0.465 e. The summed E-state index contributed by atoms with van der Waals surface area (Å²) in [5.74, 6) is -1.59. The van der Waals surface area contributed by atoms with Gasteiger partial charge >= 0.3 is 6.09 Å². The van der Waals surface area contributed by atoms with Gasteiger partial charge in [0.1, 0.15) is 6.04 Å². The van der Waals surface area contributed by atoms with Crippen LogP contribution in [-0.2, 0) is 9.59 Å². The number of nitrogens with one attached hydrogen (secondary N) is 3. The number of carboxylic acid groups (broad SMARTS) is 1. The lowest BCUT2D eigenvalue weighted by atomic mass is 10.1. The summed E-state index contributed by atoms with van der Waals surface area (Å²) in [6.45, 7) is 1.91. The molecule has 1 atom stereocenters. The van der Waals surface area contributed by atoms with Crippen LogP contribution in [0, 0.1) is 0 Å². The second-order valence-corrected chi connectivity index (χ2v) is 5.66. The van der Waals surface area contributed by atoms with E-state index in [4.69, 9.17) is 16.7 Å². The first kappa shape index (κ1) is 17.7.